The summed E-state index contributed by atoms with van der Waals surface area (Å²) in [5.74, 6) is -0.323. The number of sulfonamides is 1. The van der Waals surface area contributed by atoms with Crippen LogP contribution in [0.4, 0.5) is 11.4 Å². The van der Waals surface area contributed by atoms with Crippen LogP contribution in [0.2, 0.25) is 10.0 Å². The lowest BCUT2D eigenvalue weighted by atomic mass is 10.2. The molecule has 0 atom stereocenters. The van der Waals surface area contributed by atoms with Crippen molar-refractivity contribution in [2.24, 2.45) is 0 Å². The summed E-state index contributed by atoms with van der Waals surface area (Å²) in [5.41, 5.74) is 1.62. The molecule has 0 aliphatic carbocycles. The number of amides is 1. The zero-order valence-corrected chi connectivity index (χ0v) is 17.3. The van der Waals surface area contributed by atoms with Crippen LogP contribution in [0.25, 0.3) is 6.08 Å². The second-order valence-corrected chi connectivity index (χ2v) is 8.58. The Morgan fingerprint density at radius 3 is 2.07 bits per heavy atom. The van der Waals surface area contributed by atoms with Crippen LogP contribution >= 0.6 is 23.2 Å². The molecule has 29 heavy (non-hydrogen) atoms. The van der Waals surface area contributed by atoms with E-state index in [4.69, 9.17) is 23.2 Å². The molecule has 0 unspecified atom stereocenters. The third kappa shape index (κ3) is 6.09. The summed E-state index contributed by atoms with van der Waals surface area (Å²) in [6, 6.07) is 19.6. The van der Waals surface area contributed by atoms with Gasteiger partial charge in [-0.2, -0.15) is 0 Å². The normalized spacial score (nSPS) is 11.4. The van der Waals surface area contributed by atoms with Crippen LogP contribution in [0.15, 0.2) is 83.8 Å². The number of halogens is 2. The largest absolute Gasteiger partial charge is 0.323 e. The maximum absolute atomic E-state index is 12.5. The van der Waals surface area contributed by atoms with Gasteiger partial charge in [0.2, 0.25) is 5.91 Å². The van der Waals surface area contributed by atoms with Crippen molar-refractivity contribution in [1.29, 1.82) is 0 Å². The minimum absolute atomic E-state index is 0.0337. The number of nitrogens with one attached hydrogen (secondary N) is 2. The second-order valence-electron chi connectivity index (χ2n) is 6.02. The lowest BCUT2D eigenvalue weighted by Crippen LogP contribution is -2.13. The van der Waals surface area contributed by atoms with Crippen molar-refractivity contribution >= 4 is 56.6 Å². The van der Waals surface area contributed by atoms with E-state index in [1.54, 1.807) is 6.08 Å². The van der Waals surface area contributed by atoms with Crippen LogP contribution < -0.4 is 10.0 Å². The van der Waals surface area contributed by atoms with Gasteiger partial charge in [0.1, 0.15) is 0 Å². The lowest BCUT2D eigenvalue weighted by molar-refractivity contribution is -0.111. The smallest absolute Gasteiger partial charge is 0.261 e. The summed E-state index contributed by atoms with van der Waals surface area (Å²) < 4.78 is 27.5. The first-order chi connectivity index (χ1) is 13.8. The Morgan fingerprint density at radius 1 is 0.828 bits per heavy atom. The van der Waals surface area contributed by atoms with Crippen molar-refractivity contribution in [2.75, 3.05) is 10.0 Å². The SMILES string of the molecule is O=C(/C=C/c1ccccc1)Nc1ccc(S(=O)(=O)Nc2cc(Cl)cc(Cl)c2)cc1. The van der Waals surface area contributed by atoms with Crippen LogP contribution in [0.1, 0.15) is 5.56 Å². The maximum Gasteiger partial charge on any atom is 0.261 e. The molecule has 8 heteroatoms. The molecule has 3 aromatic carbocycles. The fraction of sp³-hybridized carbons (Fsp3) is 0. The van der Waals surface area contributed by atoms with Crippen molar-refractivity contribution in [2.45, 2.75) is 4.90 Å². The van der Waals surface area contributed by atoms with Gasteiger partial charge >= 0.3 is 0 Å². The van der Waals surface area contributed by atoms with Gasteiger partial charge in [-0.25, -0.2) is 8.42 Å². The van der Waals surface area contributed by atoms with Gasteiger partial charge in [0, 0.05) is 21.8 Å². The summed E-state index contributed by atoms with van der Waals surface area (Å²) in [6.45, 7) is 0. The fourth-order valence-corrected chi connectivity index (χ4v) is 4.03. The molecule has 2 N–H and O–H groups in total. The predicted octanol–water partition coefficient (Wildman–Crippen LogP) is 5.45. The molecule has 0 radical (unpaired) electrons. The molecule has 0 heterocycles. The van der Waals surface area contributed by atoms with Crippen molar-refractivity contribution < 1.29 is 13.2 Å². The van der Waals surface area contributed by atoms with Crippen LogP contribution in [-0.4, -0.2) is 14.3 Å². The molecule has 3 rings (SSSR count). The summed E-state index contributed by atoms with van der Waals surface area (Å²) in [4.78, 5) is 12.1. The minimum Gasteiger partial charge on any atom is -0.323 e. The molecule has 148 valence electrons. The molecule has 0 fully saturated rings. The van der Waals surface area contributed by atoms with Crippen LogP contribution in [-0.2, 0) is 14.8 Å². The molecule has 0 bridgehead atoms. The highest BCUT2D eigenvalue weighted by molar-refractivity contribution is 7.92. The van der Waals surface area contributed by atoms with E-state index in [1.807, 2.05) is 30.3 Å². The number of carbonyl (C=O) groups excluding carboxylic acids is 1. The molecule has 3 aromatic rings. The topological polar surface area (TPSA) is 75.3 Å². The Bertz CT molecular complexity index is 1130. The third-order valence-corrected chi connectivity index (χ3v) is 5.61. The summed E-state index contributed by atoms with van der Waals surface area (Å²) in [7, 11) is -3.83. The van der Waals surface area contributed by atoms with Crippen molar-refractivity contribution in [3.05, 3.63) is 94.5 Å². The van der Waals surface area contributed by atoms with E-state index in [0.29, 0.717) is 15.7 Å². The highest BCUT2D eigenvalue weighted by atomic mass is 35.5. The van der Waals surface area contributed by atoms with Gasteiger partial charge in [-0.05, 0) is 54.1 Å². The first kappa shape index (κ1) is 20.9. The van der Waals surface area contributed by atoms with Crippen LogP contribution in [0.3, 0.4) is 0 Å². The number of carbonyl (C=O) groups is 1. The molecule has 1 amide bonds. The number of rotatable bonds is 6. The van der Waals surface area contributed by atoms with Crippen molar-refractivity contribution in [1.82, 2.24) is 0 Å². The Morgan fingerprint density at radius 2 is 1.45 bits per heavy atom. The maximum atomic E-state index is 12.5. The molecular formula is C21H16Cl2N2O3S. The Kier molecular flexibility index (Phi) is 6.59. The van der Waals surface area contributed by atoms with E-state index >= 15 is 0 Å². The zero-order chi connectivity index (χ0) is 20.9. The van der Waals surface area contributed by atoms with Gasteiger partial charge in [-0.3, -0.25) is 9.52 Å². The fourth-order valence-electron chi connectivity index (χ4n) is 2.46. The summed E-state index contributed by atoms with van der Waals surface area (Å²) in [5, 5.41) is 3.31. The first-order valence-electron chi connectivity index (χ1n) is 8.45. The van der Waals surface area contributed by atoms with E-state index < -0.39 is 10.0 Å². The Hall–Kier alpha value is -2.80. The lowest BCUT2D eigenvalue weighted by Gasteiger charge is -2.10. The average molecular weight is 447 g/mol. The number of benzene rings is 3. The van der Waals surface area contributed by atoms with E-state index in [1.165, 1.54) is 48.5 Å². The van der Waals surface area contributed by atoms with E-state index in [-0.39, 0.29) is 16.5 Å². The standard InChI is InChI=1S/C21H16Cl2N2O3S/c22-16-12-17(23)14-19(13-16)25-29(27,28)20-9-7-18(8-10-20)24-21(26)11-6-15-4-2-1-3-5-15/h1-14,25H,(H,24,26)/b11-6+. The van der Waals surface area contributed by atoms with Gasteiger partial charge in [-0.1, -0.05) is 53.5 Å². The Balaban J connectivity index is 1.67. The van der Waals surface area contributed by atoms with E-state index in [2.05, 4.69) is 10.0 Å². The van der Waals surface area contributed by atoms with E-state index in [9.17, 15) is 13.2 Å². The van der Waals surface area contributed by atoms with Crippen LogP contribution in [0, 0.1) is 0 Å². The zero-order valence-electron chi connectivity index (χ0n) is 15.0. The molecule has 5 nitrogen and oxygen atoms in total. The van der Waals surface area contributed by atoms with Crippen molar-refractivity contribution in [3.63, 3.8) is 0 Å². The van der Waals surface area contributed by atoms with Crippen molar-refractivity contribution in [3.8, 4) is 0 Å². The first-order valence-corrected chi connectivity index (χ1v) is 10.7. The number of hydrogen-bond acceptors (Lipinski definition) is 3. The summed E-state index contributed by atoms with van der Waals surface area (Å²) in [6.07, 6.45) is 3.10. The second kappa shape index (κ2) is 9.13. The number of hydrogen-bond donors (Lipinski definition) is 2. The molecule has 0 aliphatic rings. The molecule has 0 aliphatic heterocycles. The minimum atomic E-state index is -3.83. The van der Waals surface area contributed by atoms with Gasteiger partial charge in [0.25, 0.3) is 10.0 Å². The quantitative estimate of drug-likeness (QED) is 0.494. The van der Waals surface area contributed by atoms with Gasteiger partial charge in [0.05, 0.1) is 10.6 Å². The summed E-state index contributed by atoms with van der Waals surface area (Å²) >= 11 is 11.8. The Labute approximate surface area is 179 Å². The van der Waals surface area contributed by atoms with Gasteiger partial charge in [0.15, 0.2) is 0 Å². The molecule has 0 saturated carbocycles. The number of anilines is 2. The molecule has 0 saturated heterocycles. The monoisotopic (exact) mass is 446 g/mol. The predicted molar refractivity (Wildman–Crippen MR) is 118 cm³/mol. The van der Waals surface area contributed by atoms with Crippen LogP contribution in [0.5, 0.6) is 0 Å². The molecular weight excluding hydrogens is 431 g/mol. The van der Waals surface area contributed by atoms with Gasteiger partial charge in [-0.15, -0.1) is 0 Å². The molecule has 0 spiro atoms. The average Bonchev–Trinajstić information content (AvgIpc) is 2.66. The third-order valence-electron chi connectivity index (χ3n) is 3.77. The molecule has 0 aromatic heterocycles. The highest BCUT2D eigenvalue weighted by Crippen LogP contribution is 2.25. The highest BCUT2D eigenvalue weighted by Gasteiger charge is 2.15. The van der Waals surface area contributed by atoms with Gasteiger partial charge < -0.3 is 5.32 Å². The van der Waals surface area contributed by atoms with E-state index in [0.717, 1.165) is 5.56 Å².